The molecule has 1 amide bonds. The molecule has 0 saturated heterocycles. The van der Waals surface area contributed by atoms with E-state index in [0.29, 0.717) is 24.3 Å². The van der Waals surface area contributed by atoms with Gasteiger partial charge in [-0.05, 0) is 24.3 Å². The molecule has 0 atom stereocenters. The van der Waals surface area contributed by atoms with E-state index in [1.165, 1.54) is 0 Å². The van der Waals surface area contributed by atoms with Crippen molar-refractivity contribution in [1.29, 1.82) is 0 Å². The lowest BCUT2D eigenvalue weighted by molar-refractivity contribution is -0.121. The highest BCUT2D eigenvalue weighted by molar-refractivity contribution is 5.75. The van der Waals surface area contributed by atoms with Crippen molar-refractivity contribution < 1.29 is 14.3 Å². The van der Waals surface area contributed by atoms with Crippen LogP contribution in [0.4, 0.5) is 0 Å². The average molecular weight is 207 g/mol. The van der Waals surface area contributed by atoms with Gasteiger partial charge < -0.3 is 10.1 Å². The number of rotatable bonds is 5. The number of nitrogens with one attached hydrogen (secondary N) is 1. The Hall–Kier alpha value is -1.84. The second kappa shape index (κ2) is 5.80. The molecule has 0 heterocycles. The molecule has 0 aliphatic rings. The molecule has 0 aliphatic carbocycles. The van der Waals surface area contributed by atoms with Gasteiger partial charge in [-0.1, -0.05) is 0 Å². The third kappa shape index (κ3) is 3.81. The third-order valence-electron chi connectivity index (χ3n) is 1.89. The van der Waals surface area contributed by atoms with Crippen LogP contribution in [0.1, 0.15) is 16.8 Å². The molecule has 1 aromatic rings. The topological polar surface area (TPSA) is 55.4 Å². The van der Waals surface area contributed by atoms with Crippen LogP contribution < -0.4 is 10.1 Å². The summed E-state index contributed by atoms with van der Waals surface area (Å²) in [6.07, 6.45) is 1.10. The fourth-order valence-corrected chi connectivity index (χ4v) is 1.03. The molecule has 0 saturated carbocycles. The van der Waals surface area contributed by atoms with Crippen LogP contribution in [0.15, 0.2) is 24.3 Å². The second-order valence-electron chi connectivity index (χ2n) is 2.96. The molecule has 0 spiro atoms. The predicted molar refractivity (Wildman–Crippen MR) is 56.0 cm³/mol. The summed E-state index contributed by atoms with van der Waals surface area (Å²) in [7, 11) is 1.58. The van der Waals surface area contributed by atoms with E-state index >= 15 is 0 Å². The zero-order valence-electron chi connectivity index (χ0n) is 8.53. The van der Waals surface area contributed by atoms with E-state index in [9.17, 15) is 9.59 Å². The maximum atomic E-state index is 10.9. The predicted octanol–water partition coefficient (Wildman–Crippen LogP) is 1.01. The van der Waals surface area contributed by atoms with Crippen molar-refractivity contribution in [3.63, 3.8) is 0 Å². The number of carbonyl (C=O) groups is 2. The van der Waals surface area contributed by atoms with E-state index in [-0.39, 0.29) is 5.91 Å². The molecule has 0 aliphatic heterocycles. The van der Waals surface area contributed by atoms with E-state index in [1.807, 2.05) is 0 Å². The van der Waals surface area contributed by atoms with Crippen molar-refractivity contribution in [3.05, 3.63) is 29.8 Å². The summed E-state index contributed by atoms with van der Waals surface area (Å²) in [5.74, 6) is 0.601. The van der Waals surface area contributed by atoms with Crippen molar-refractivity contribution in [2.75, 3.05) is 13.7 Å². The highest BCUT2D eigenvalue weighted by atomic mass is 16.5. The van der Waals surface area contributed by atoms with E-state index < -0.39 is 0 Å². The van der Waals surface area contributed by atoms with Gasteiger partial charge in [0.1, 0.15) is 12.0 Å². The summed E-state index contributed by atoms with van der Waals surface area (Å²) in [5.41, 5.74) is 0.605. The number of benzene rings is 1. The minimum absolute atomic E-state index is 0.0560. The van der Waals surface area contributed by atoms with E-state index in [4.69, 9.17) is 4.74 Å². The maximum absolute atomic E-state index is 10.9. The number of amides is 1. The van der Waals surface area contributed by atoms with Gasteiger partial charge >= 0.3 is 0 Å². The monoisotopic (exact) mass is 207 g/mol. The molecule has 0 bridgehead atoms. The zero-order valence-corrected chi connectivity index (χ0v) is 8.53. The SMILES string of the molecule is CNC(=O)CCOc1ccc(C=O)cc1. The van der Waals surface area contributed by atoms with Gasteiger partial charge in [0.15, 0.2) is 0 Å². The van der Waals surface area contributed by atoms with Gasteiger partial charge in [0.05, 0.1) is 13.0 Å². The minimum Gasteiger partial charge on any atom is -0.493 e. The van der Waals surface area contributed by atoms with Crippen LogP contribution >= 0.6 is 0 Å². The molecule has 1 rings (SSSR count). The Morgan fingerprint density at radius 1 is 1.40 bits per heavy atom. The van der Waals surface area contributed by atoms with Crippen molar-refractivity contribution >= 4 is 12.2 Å². The van der Waals surface area contributed by atoms with Crippen LogP contribution in [0.5, 0.6) is 5.75 Å². The first-order valence-corrected chi connectivity index (χ1v) is 4.65. The van der Waals surface area contributed by atoms with Gasteiger partial charge in [0.25, 0.3) is 0 Å². The largest absolute Gasteiger partial charge is 0.493 e. The maximum Gasteiger partial charge on any atom is 0.223 e. The number of carbonyl (C=O) groups excluding carboxylic acids is 2. The van der Waals surface area contributed by atoms with Crippen LogP contribution in [0.2, 0.25) is 0 Å². The van der Waals surface area contributed by atoms with Crippen LogP contribution in [0.3, 0.4) is 0 Å². The lowest BCUT2D eigenvalue weighted by Gasteiger charge is -2.05. The molecule has 15 heavy (non-hydrogen) atoms. The van der Waals surface area contributed by atoms with Crippen molar-refractivity contribution in [1.82, 2.24) is 5.32 Å². The summed E-state index contributed by atoms with van der Waals surface area (Å²) < 4.78 is 5.30. The molecule has 0 unspecified atom stereocenters. The molecule has 1 aromatic carbocycles. The summed E-state index contributed by atoms with van der Waals surface area (Å²) in [4.78, 5) is 21.2. The first kappa shape index (κ1) is 11.2. The van der Waals surface area contributed by atoms with Gasteiger partial charge in [-0.2, -0.15) is 0 Å². The third-order valence-corrected chi connectivity index (χ3v) is 1.89. The van der Waals surface area contributed by atoms with Gasteiger partial charge in [-0.3, -0.25) is 9.59 Å². The summed E-state index contributed by atoms with van der Waals surface area (Å²) in [6, 6.07) is 6.74. The Kier molecular flexibility index (Phi) is 4.34. The fourth-order valence-electron chi connectivity index (χ4n) is 1.03. The molecule has 4 nitrogen and oxygen atoms in total. The van der Waals surface area contributed by atoms with Crippen LogP contribution in [-0.2, 0) is 4.79 Å². The van der Waals surface area contributed by atoms with Crippen LogP contribution in [0, 0.1) is 0 Å². The lowest BCUT2D eigenvalue weighted by atomic mass is 10.2. The smallest absolute Gasteiger partial charge is 0.223 e. The van der Waals surface area contributed by atoms with Crippen molar-refractivity contribution in [3.8, 4) is 5.75 Å². The van der Waals surface area contributed by atoms with Crippen LogP contribution in [0.25, 0.3) is 0 Å². The summed E-state index contributed by atoms with van der Waals surface area (Å²) in [5, 5.41) is 2.50. The normalized spacial score (nSPS) is 9.40. The van der Waals surface area contributed by atoms with Gasteiger partial charge in [-0.25, -0.2) is 0 Å². The number of hydrogen-bond acceptors (Lipinski definition) is 3. The first-order chi connectivity index (χ1) is 7.26. The standard InChI is InChI=1S/C11H13NO3/c1-12-11(14)6-7-15-10-4-2-9(8-13)3-5-10/h2-5,8H,6-7H2,1H3,(H,12,14). The molecule has 80 valence electrons. The molecule has 4 heteroatoms. The number of hydrogen-bond donors (Lipinski definition) is 1. The average Bonchev–Trinajstić information content (AvgIpc) is 2.29. The Morgan fingerprint density at radius 3 is 2.60 bits per heavy atom. The highest BCUT2D eigenvalue weighted by Crippen LogP contribution is 2.10. The lowest BCUT2D eigenvalue weighted by Crippen LogP contribution is -2.20. The Labute approximate surface area is 88.2 Å². The van der Waals surface area contributed by atoms with E-state index in [1.54, 1.807) is 31.3 Å². The van der Waals surface area contributed by atoms with Gasteiger partial charge in [-0.15, -0.1) is 0 Å². The summed E-state index contributed by atoms with van der Waals surface area (Å²) >= 11 is 0. The molecule has 0 radical (unpaired) electrons. The molecule has 1 N–H and O–H groups in total. The molecule has 0 fully saturated rings. The molecular weight excluding hydrogens is 194 g/mol. The highest BCUT2D eigenvalue weighted by Gasteiger charge is 1.98. The number of aldehydes is 1. The second-order valence-corrected chi connectivity index (χ2v) is 2.96. The van der Waals surface area contributed by atoms with E-state index in [0.717, 1.165) is 6.29 Å². The Bertz CT molecular complexity index is 332. The Balaban J connectivity index is 2.37. The minimum atomic E-state index is -0.0560. The first-order valence-electron chi connectivity index (χ1n) is 4.65. The summed E-state index contributed by atoms with van der Waals surface area (Å²) in [6.45, 7) is 0.333. The van der Waals surface area contributed by atoms with Crippen LogP contribution in [-0.4, -0.2) is 25.8 Å². The Morgan fingerprint density at radius 2 is 2.07 bits per heavy atom. The van der Waals surface area contributed by atoms with Gasteiger partial charge in [0.2, 0.25) is 5.91 Å². The van der Waals surface area contributed by atoms with Crippen molar-refractivity contribution in [2.24, 2.45) is 0 Å². The zero-order chi connectivity index (χ0) is 11.1. The van der Waals surface area contributed by atoms with Gasteiger partial charge in [0, 0.05) is 12.6 Å². The number of ether oxygens (including phenoxy) is 1. The molecule has 0 aromatic heterocycles. The fraction of sp³-hybridized carbons (Fsp3) is 0.273. The quantitative estimate of drug-likeness (QED) is 0.733. The van der Waals surface area contributed by atoms with Crippen molar-refractivity contribution in [2.45, 2.75) is 6.42 Å². The molecular formula is C11H13NO3. The van der Waals surface area contributed by atoms with E-state index in [2.05, 4.69) is 5.32 Å².